The second-order valence-electron chi connectivity index (χ2n) is 3.98. The van der Waals surface area contributed by atoms with E-state index in [1.54, 1.807) is 0 Å². The van der Waals surface area contributed by atoms with Gasteiger partial charge in [-0.25, -0.2) is 0 Å². The monoisotopic (exact) mass is 225 g/mol. The van der Waals surface area contributed by atoms with Gasteiger partial charge in [0.15, 0.2) is 0 Å². The van der Waals surface area contributed by atoms with Gasteiger partial charge < -0.3 is 16.9 Å². The van der Waals surface area contributed by atoms with E-state index >= 15 is 0 Å². The van der Waals surface area contributed by atoms with Crippen molar-refractivity contribution in [1.29, 1.82) is 0 Å². The predicted octanol–water partition coefficient (Wildman–Crippen LogP) is -1.05. The quantitative estimate of drug-likeness (QED) is 0.489. The molecule has 0 spiro atoms. The average molecular weight is 225 g/mol. The summed E-state index contributed by atoms with van der Waals surface area (Å²) in [6.45, 7) is 12.1. The van der Waals surface area contributed by atoms with E-state index < -0.39 is 0 Å². The van der Waals surface area contributed by atoms with Crippen LogP contribution in [0.3, 0.4) is 0 Å². The molecule has 14 heavy (non-hydrogen) atoms. The molecule has 0 saturated carbocycles. The van der Waals surface area contributed by atoms with Gasteiger partial charge in [-0.15, -0.1) is 0 Å². The molecular weight excluding hydrogens is 201 g/mol. The Morgan fingerprint density at radius 2 is 1.71 bits per heavy atom. The third-order valence-corrected chi connectivity index (χ3v) is 1.98. The molecule has 0 atom stereocenters. The topological polar surface area (TPSA) is 23.5 Å². The number of rotatable bonds is 3. The summed E-state index contributed by atoms with van der Waals surface area (Å²) in [5.41, 5.74) is 0. The first kappa shape index (κ1) is 17.9. The summed E-state index contributed by atoms with van der Waals surface area (Å²) in [5.74, 6) is 0.850. The Bertz CT molecular complexity index is 101. The molecule has 1 N–H and O–H groups in total. The Morgan fingerprint density at radius 3 is 2.00 bits per heavy atom. The maximum Gasteiger partial charge on any atom is 1.00 e. The van der Waals surface area contributed by atoms with Gasteiger partial charge in [-0.2, -0.15) is 6.42 Å². The van der Waals surface area contributed by atoms with Gasteiger partial charge in [0.2, 0.25) is 0 Å². The van der Waals surface area contributed by atoms with Crippen LogP contribution in [-0.4, -0.2) is 36.2 Å². The molecule has 0 aromatic carbocycles. The van der Waals surface area contributed by atoms with E-state index in [4.69, 9.17) is 5.11 Å². The summed E-state index contributed by atoms with van der Waals surface area (Å²) in [4.78, 5) is 2.56. The normalized spacial score (nSPS) is 16.1. The number of aliphatic hydroxyl groups is 1. The second-order valence-corrected chi connectivity index (χ2v) is 3.98. The molecule has 1 aliphatic heterocycles. The van der Waals surface area contributed by atoms with Crippen LogP contribution in [0.4, 0.5) is 0 Å². The van der Waals surface area contributed by atoms with Crippen LogP contribution in [0.25, 0.3) is 0 Å². The molecule has 0 amide bonds. The Hall–Kier alpha value is 1.56. The SMILES string of the molecule is CC(C)CN1CCCC1.[CH2-]CCO.[K+]. The van der Waals surface area contributed by atoms with Crippen molar-refractivity contribution in [2.75, 3.05) is 26.2 Å². The minimum atomic E-state index is 0. The molecule has 2 nitrogen and oxygen atoms in total. The third-order valence-electron chi connectivity index (χ3n) is 1.98. The van der Waals surface area contributed by atoms with Crippen LogP contribution in [0, 0.1) is 12.8 Å². The molecule has 1 heterocycles. The zero-order chi connectivity index (χ0) is 10.1. The smallest absolute Gasteiger partial charge is 0.399 e. The van der Waals surface area contributed by atoms with Crippen LogP contribution in [0.1, 0.15) is 33.1 Å². The molecule has 80 valence electrons. The van der Waals surface area contributed by atoms with E-state index in [9.17, 15) is 0 Å². The molecule has 1 rings (SSSR count). The van der Waals surface area contributed by atoms with Crippen LogP contribution < -0.4 is 51.4 Å². The van der Waals surface area contributed by atoms with Crippen LogP contribution in [0.5, 0.6) is 0 Å². The maximum atomic E-state index is 7.81. The van der Waals surface area contributed by atoms with Crippen molar-refractivity contribution in [2.24, 2.45) is 5.92 Å². The zero-order valence-corrected chi connectivity index (χ0v) is 13.3. The maximum absolute atomic E-state index is 7.81. The summed E-state index contributed by atoms with van der Waals surface area (Å²) in [5, 5.41) is 7.81. The van der Waals surface area contributed by atoms with Gasteiger partial charge in [-0.1, -0.05) is 13.8 Å². The molecule has 0 radical (unpaired) electrons. The fourth-order valence-electron chi connectivity index (χ4n) is 1.48. The first-order valence-electron chi connectivity index (χ1n) is 5.33. The van der Waals surface area contributed by atoms with E-state index in [-0.39, 0.29) is 58.0 Å². The summed E-state index contributed by atoms with van der Waals surface area (Å²) < 4.78 is 0. The average Bonchev–Trinajstić information content (AvgIpc) is 2.56. The van der Waals surface area contributed by atoms with Crippen LogP contribution in [0.15, 0.2) is 0 Å². The van der Waals surface area contributed by atoms with Gasteiger partial charge in [0, 0.05) is 13.2 Å². The third kappa shape index (κ3) is 11.6. The minimum Gasteiger partial charge on any atom is -0.399 e. The molecule has 0 aliphatic carbocycles. The minimum absolute atomic E-state index is 0. The summed E-state index contributed by atoms with van der Waals surface area (Å²) in [7, 11) is 0. The molecule has 0 unspecified atom stereocenters. The number of likely N-dealkylation sites (tertiary alicyclic amines) is 1. The van der Waals surface area contributed by atoms with Crippen molar-refractivity contribution in [3.05, 3.63) is 6.92 Å². The van der Waals surface area contributed by atoms with Crippen molar-refractivity contribution in [2.45, 2.75) is 33.1 Å². The molecule has 1 fully saturated rings. The van der Waals surface area contributed by atoms with Crippen molar-refractivity contribution < 1.29 is 56.5 Å². The molecule has 3 heteroatoms. The van der Waals surface area contributed by atoms with Crippen LogP contribution in [-0.2, 0) is 0 Å². The Balaban J connectivity index is 0. The van der Waals surface area contributed by atoms with E-state index in [2.05, 4.69) is 25.7 Å². The summed E-state index contributed by atoms with van der Waals surface area (Å²) >= 11 is 0. The fraction of sp³-hybridized carbons (Fsp3) is 0.909. The van der Waals surface area contributed by atoms with E-state index in [1.807, 2.05) is 0 Å². The Kier molecular flexibility index (Phi) is 16.2. The number of aliphatic hydroxyl groups excluding tert-OH is 1. The van der Waals surface area contributed by atoms with Crippen molar-refractivity contribution in [3.63, 3.8) is 0 Å². The molecule has 0 bridgehead atoms. The standard InChI is InChI=1S/C8H17N.C3H7O.K/c1-8(2)7-9-5-3-4-6-9;1-2-3-4;/h8H,3-7H2,1-2H3;4H,1-3H2;/q;-1;+1. The number of hydrogen-bond acceptors (Lipinski definition) is 2. The summed E-state index contributed by atoms with van der Waals surface area (Å²) in [6.07, 6.45) is 3.47. The Labute approximate surface area is 132 Å². The first-order chi connectivity index (χ1) is 6.20. The molecule has 0 aromatic rings. The van der Waals surface area contributed by atoms with Gasteiger partial charge in [0.05, 0.1) is 0 Å². The van der Waals surface area contributed by atoms with E-state index in [1.165, 1.54) is 32.5 Å². The second kappa shape index (κ2) is 12.6. The predicted molar refractivity (Wildman–Crippen MR) is 57.6 cm³/mol. The van der Waals surface area contributed by atoms with Gasteiger partial charge in [-0.05, 0) is 31.8 Å². The van der Waals surface area contributed by atoms with Crippen molar-refractivity contribution in [1.82, 2.24) is 4.90 Å². The van der Waals surface area contributed by atoms with Gasteiger partial charge >= 0.3 is 51.4 Å². The van der Waals surface area contributed by atoms with Gasteiger partial charge in [0.25, 0.3) is 0 Å². The molecule has 0 aromatic heterocycles. The molecule has 1 aliphatic rings. The summed E-state index contributed by atoms with van der Waals surface area (Å²) in [6, 6.07) is 0. The Morgan fingerprint density at radius 1 is 1.29 bits per heavy atom. The molecular formula is C11H24KNO. The van der Waals surface area contributed by atoms with Gasteiger partial charge in [-0.3, -0.25) is 0 Å². The van der Waals surface area contributed by atoms with Crippen molar-refractivity contribution >= 4 is 0 Å². The molecule has 1 saturated heterocycles. The van der Waals surface area contributed by atoms with E-state index in [0.29, 0.717) is 6.42 Å². The number of hydrogen-bond donors (Lipinski definition) is 1. The fourth-order valence-corrected chi connectivity index (χ4v) is 1.48. The zero-order valence-electron chi connectivity index (χ0n) is 10.1. The van der Waals surface area contributed by atoms with Crippen molar-refractivity contribution in [3.8, 4) is 0 Å². The number of nitrogens with zero attached hydrogens (tertiary/aromatic N) is 1. The first-order valence-corrected chi connectivity index (χ1v) is 5.33. The van der Waals surface area contributed by atoms with Crippen LogP contribution in [0.2, 0.25) is 0 Å². The largest absolute Gasteiger partial charge is 1.00 e. The van der Waals surface area contributed by atoms with Gasteiger partial charge in [0.1, 0.15) is 0 Å². The van der Waals surface area contributed by atoms with Crippen LogP contribution >= 0.6 is 0 Å². The van der Waals surface area contributed by atoms with E-state index in [0.717, 1.165) is 5.92 Å².